The first-order valence-corrected chi connectivity index (χ1v) is 6.30. The molecule has 0 saturated heterocycles. The molecule has 0 aliphatic carbocycles. The Hall–Kier alpha value is -2.75. The highest BCUT2D eigenvalue weighted by atomic mass is 19.4. The average Bonchev–Trinajstić information content (AvgIpc) is 2.47. The van der Waals surface area contributed by atoms with Crippen LogP contribution in [0.3, 0.4) is 0 Å². The van der Waals surface area contributed by atoms with Gasteiger partial charge in [0.15, 0.2) is 0 Å². The molecule has 2 rings (SSSR count). The maximum Gasteiger partial charge on any atom is 0.573 e. The maximum atomic E-state index is 12.4. The summed E-state index contributed by atoms with van der Waals surface area (Å²) >= 11 is 0. The molecule has 1 aromatic heterocycles. The van der Waals surface area contributed by atoms with Crippen molar-refractivity contribution in [3.8, 4) is 11.8 Å². The molecule has 0 aliphatic heterocycles. The zero-order valence-corrected chi connectivity index (χ0v) is 11.6. The zero-order valence-electron chi connectivity index (χ0n) is 11.6. The van der Waals surface area contributed by atoms with E-state index >= 15 is 0 Å². The molecular weight excluding hydrogens is 295 g/mol. The average molecular weight is 307 g/mol. The zero-order chi connectivity index (χ0) is 16.2. The van der Waals surface area contributed by atoms with Gasteiger partial charge in [0.1, 0.15) is 17.6 Å². The van der Waals surface area contributed by atoms with Crippen molar-refractivity contribution in [2.45, 2.75) is 12.9 Å². The first kappa shape index (κ1) is 15.6. The van der Waals surface area contributed by atoms with E-state index in [2.05, 4.69) is 9.72 Å². The first-order chi connectivity index (χ1) is 10.4. The first-order valence-electron chi connectivity index (χ1n) is 6.30. The van der Waals surface area contributed by atoms with Gasteiger partial charge >= 0.3 is 6.36 Å². The maximum absolute atomic E-state index is 12.4. The minimum Gasteiger partial charge on any atom is -0.405 e. The van der Waals surface area contributed by atoms with Gasteiger partial charge in [-0.3, -0.25) is 0 Å². The van der Waals surface area contributed by atoms with Crippen molar-refractivity contribution in [3.05, 3.63) is 53.7 Å². The van der Waals surface area contributed by atoms with E-state index in [1.54, 1.807) is 30.1 Å². The number of para-hydroxylation sites is 1. The van der Waals surface area contributed by atoms with E-state index in [4.69, 9.17) is 5.26 Å². The number of halogens is 3. The third kappa shape index (κ3) is 3.88. The van der Waals surface area contributed by atoms with Crippen LogP contribution in [0.2, 0.25) is 0 Å². The number of anilines is 1. The molecule has 0 spiro atoms. The van der Waals surface area contributed by atoms with Crippen LogP contribution >= 0.6 is 0 Å². The van der Waals surface area contributed by atoms with E-state index in [-0.39, 0.29) is 12.3 Å². The van der Waals surface area contributed by atoms with Gasteiger partial charge in [0.2, 0.25) is 0 Å². The van der Waals surface area contributed by atoms with Crippen molar-refractivity contribution >= 4 is 5.82 Å². The van der Waals surface area contributed by atoms with Gasteiger partial charge in [0, 0.05) is 25.4 Å². The highest BCUT2D eigenvalue weighted by molar-refractivity contribution is 5.53. The van der Waals surface area contributed by atoms with Crippen molar-refractivity contribution < 1.29 is 17.9 Å². The van der Waals surface area contributed by atoms with Crippen molar-refractivity contribution in [2.75, 3.05) is 11.9 Å². The van der Waals surface area contributed by atoms with Gasteiger partial charge in [0.05, 0.1) is 5.56 Å². The number of hydrogen-bond acceptors (Lipinski definition) is 4. The van der Waals surface area contributed by atoms with Crippen LogP contribution in [0, 0.1) is 11.3 Å². The summed E-state index contributed by atoms with van der Waals surface area (Å²) in [4.78, 5) is 5.68. The monoisotopic (exact) mass is 307 g/mol. The number of ether oxygens (including phenoxy) is 1. The van der Waals surface area contributed by atoms with E-state index in [0.29, 0.717) is 16.9 Å². The summed E-state index contributed by atoms with van der Waals surface area (Å²) < 4.78 is 41.2. The second kappa shape index (κ2) is 6.35. The topological polar surface area (TPSA) is 49.1 Å². The van der Waals surface area contributed by atoms with Crippen LogP contribution in [0.4, 0.5) is 19.0 Å². The van der Waals surface area contributed by atoms with Crippen LogP contribution in [-0.2, 0) is 6.54 Å². The third-order valence-corrected chi connectivity index (χ3v) is 2.87. The minimum atomic E-state index is -4.75. The number of alkyl halides is 3. The third-order valence-electron chi connectivity index (χ3n) is 2.87. The van der Waals surface area contributed by atoms with Gasteiger partial charge in [-0.25, -0.2) is 4.98 Å². The highest BCUT2D eigenvalue weighted by Gasteiger charge is 2.32. The highest BCUT2D eigenvalue weighted by Crippen LogP contribution is 2.28. The van der Waals surface area contributed by atoms with Crippen molar-refractivity contribution in [3.63, 3.8) is 0 Å². The molecule has 0 saturated carbocycles. The molecule has 114 valence electrons. The van der Waals surface area contributed by atoms with Gasteiger partial charge in [-0.15, -0.1) is 13.2 Å². The summed E-state index contributed by atoms with van der Waals surface area (Å²) in [5, 5.41) is 9.05. The van der Waals surface area contributed by atoms with Crippen molar-refractivity contribution in [2.24, 2.45) is 0 Å². The molecule has 0 atom stereocenters. The lowest BCUT2D eigenvalue weighted by molar-refractivity contribution is -0.274. The molecular formula is C15H12F3N3O. The fourth-order valence-electron chi connectivity index (χ4n) is 1.98. The number of hydrogen-bond donors (Lipinski definition) is 0. The number of nitriles is 1. The quantitative estimate of drug-likeness (QED) is 0.867. The summed E-state index contributed by atoms with van der Waals surface area (Å²) in [6.07, 6.45) is -3.23. The molecule has 0 radical (unpaired) electrons. The summed E-state index contributed by atoms with van der Waals surface area (Å²) in [5.74, 6) is 0.128. The van der Waals surface area contributed by atoms with E-state index in [9.17, 15) is 13.2 Å². The Balaban J connectivity index is 2.26. The number of aromatic nitrogens is 1. The predicted octanol–water partition coefficient (Wildman–Crippen LogP) is 3.49. The number of pyridine rings is 1. The lowest BCUT2D eigenvalue weighted by Gasteiger charge is -2.21. The predicted molar refractivity (Wildman–Crippen MR) is 74.2 cm³/mol. The Kier molecular flexibility index (Phi) is 4.51. The normalized spacial score (nSPS) is 10.9. The molecule has 2 aromatic rings. The lowest BCUT2D eigenvalue weighted by Crippen LogP contribution is -2.22. The molecule has 0 N–H and O–H groups in total. The number of rotatable bonds is 4. The van der Waals surface area contributed by atoms with Gasteiger partial charge in [-0.05, 0) is 18.2 Å². The molecule has 1 aromatic carbocycles. The van der Waals surface area contributed by atoms with Gasteiger partial charge < -0.3 is 9.64 Å². The molecule has 7 heteroatoms. The summed E-state index contributed by atoms with van der Waals surface area (Å²) in [6.45, 7) is 0.123. The second-order valence-corrected chi connectivity index (χ2v) is 4.50. The van der Waals surface area contributed by atoms with Crippen molar-refractivity contribution in [1.82, 2.24) is 4.98 Å². The summed E-state index contributed by atoms with van der Waals surface area (Å²) in [6, 6.07) is 11.1. The Morgan fingerprint density at radius 1 is 1.23 bits per heavy atom. The number of benzene rings is 1. The van der Waals surface area contributed by atoms with Gasteiger partial charge in [-0.2, -0.15) is 5.26 Å². The molecule has 0 fully saturated rings. The fraction of sp³-hybridized carbons (Fsp3) is 0.200. The molecule has 22 heavy (non-hydrogen) atoms. The molecule has 0 unspecified atom stereocenters. The smallest absolute Gasteiger partial charge is 0.405 e. The standard InChI is InChI=1S/C15H12F3N3O/c1-21(14-11(9-19)6-4-8-20-14)10-12-5-2-3-7-13(12)22-15(16,17)18/h2-8H,10H2,1H3. The largest absolute Gasteiger partial charge is 0.573 e. The Bertz CT molecular complexity index is 695. The van der Waals surface area contributed by atoms with E-state index in [0.717, 1.165) is 0 Å². The Morgan fingerprint density at radius 2 is 1.95 bits per heavy atom. The molecule has 0 aliphatic rings. The summed E-state index contributed by atoms with van der Waals surface area (Å²) in [5.41, 5.74) is 0.691. The van der Waals surface area contributed by atoms with Crippen LogP contribution in [-0.4, -0.2) is 18.4 Å². The van der Waals surface area contributed by atoms with Crippen LogP contribution in [0.15, 0.2) is 42.6 Å². The van der Waals surface area contributed by atoms with E-state index < -0.39 is 6.36 Å². The van der Waals surface area contributed by atoms with Gasteiger partial charge in [-0.1, -0.05) is 18.2 Å². The Labute approximate surface area is 125 Å². The van der Waals surface area contributed by atoms with E-state index in [1.807, 2.05) is 6.07 Å². The SMILES string of the molecule is CN(Cc1ccccc1OC(F)(F)F)c1ncccc1C#N. The Morgan fingerprint density at radius 3 is 2.64 bits per heavy atom. The van der Waals surface area contributed by atoms with Crippen LogP contribution in [0.25, 0.3) is 0 Å². The van der Waals surface area contributed by atoms with Crippen LogP contribution in [0.5, 0.6) is 5.75 Å². The lowest BCUT2D eigenvalue weighted by atomic mass is 10.2. The fourth-order valence-corrected chi connectivity index (χ4v) is 1.98. The molecule has 0 amide bonds. The molecule has 4 nitrogen and oxygen atoms in total. The molecule has 0 bridgehead atoms. The van der Waals surface area contributed by atoms with Gasteiger partial charge in [0.25, 0.3) is 0 Å². The second-order valence-electron chi connectivity index (χ2n) is 4.50. The van der Waals surface area contributed by atoms with Crippen LogP contribution < -0.4 is 9.64 Å². The summed E-state index contributed by atoms with van der Waals surface area (Å²) in [7, 11) is 1.65. The minimum absolute atomic E-state index is 0.123. The number of nitrogens with zero attached hydrogens (tertiary/aromatic N) is 3. The van der Waals surface area contributed by atoms with Crippen LogP contribution in [0.1, 0.15) is 11.1 Å². The van der Waals surface area contributed by atoms with Crippen molar-refractivity contribution in [1.29, 1.82) is 5.26 Å². The molecule has 1 heterocycles. The van der Waals surface area contributed by atoms with E-state index in [1.165, 1.54) is 24.4 Å².